The average molecular weight is 356 g/mol. The Bertz CT molecular complexity index is 195. The fourth-order valence-electron chi connectivity index (χ4n) is 2.37. The molecule has 0 N–H and O–H groups in total. The summed E-state index contributed by atoms with van der Waals surface area (Å²) in [7, 11) is -1.59. The van der Waals surface area contributed by atoms with Gasteiger partial charge in [-0.05, 0) is 23.9 Å². The van der Waals surface area contributed by atoms with Gasteiger partial charge in [-0.1, -0.05) is 50.3 Å². The standard InChI is InChI=1S/C12H25IO2Si/c1-10(2)16(9-13,11(3)4)15-8-12-6-5-7-14-12/h10-12H,5-9H2,1-4H3. The molecule has 1 unspecified atom stereocenters. The van der Waals surface area contributed by atoms with Gasteiger partial charge >= 0.3 is 0 Å². The molecule has 0 amide bonds. The maximum Gasteiger partial charge on any atom is 0.207 e. The molecule has 16 heavy (non-hydrogen) atoms. The Balaban J connectivity index is 2.55. The highest BCUT2D eigenvalue weighted by Crippen LogP contribution is 2.35. The van der Waals surface area contributed by atoms with E-state index in [4.69, 9.17) is 9.16 Å². The predicted molar refractivity (Wildman–Crippen MR) is 79.8 cm³/mol. The van der Waals surface area contributed by atoms with Crippen LogP contribution in [-0.2, 0) is 9.16 Å². The van der Waals surface area contributed by atoms with Gasteiger partial charge in [0.05, 0.1) is 12.7 Å². The molecule has 0 bridgehead atoms. The zero-order valence-electron chi connectivity index (χ0n) is 11.0. The quantitative estimate of drug-likeness (QED) is 0.408. The van der Waals surface area contributed by atoms with Gasteiger partial charge in [-0.2, -0.15) is 0 Å². The summed E-state index contributed by atoms with van der Waals surface area (Å²) in [4.78, 5) is 0. The largest absolute Gasteiger partial charge is 0.413 e. The van der Waals surface area contributed by atoms with E-state index >= 15 is 0 Å². The van der Waals surface area contributed by atoms with Crippen molar-refractivity contribution in [3.63, 3.8) is 0 Å². The van der Waals surface area contributed by atoms with Gasteiger partial charge in [-0.15, -0.1) is 0 Å². The molecule has 1 rings (SSSR count). The molecular weight excluding hydrogens is 331 g/mol. The van der Waals surface area contributed by atoms with Gasteiger partial charge < -0.3 is 9.16 Å². The van der Waals surface area contributed by atoms with E-state index in [-0.39, 0.29) is 0 Å². The van der Waals surface area contributed by atoms with Crippen LogP contribution in [-0.4, -0.2) is 31.7 Å². The first kappa shape index (κ1) is 14.9. The minimum Gasteiger partial charge on any atom is -0.413 e. The van der Waals surface area contributed by atoms with Crippen LogP contribution in [0.3, 0.4) is 0 Å². The van der Waals surface area contributed by atoms with Gasteiger partial charge in [0.15, 0.2) is 0 Å². The summed E-state index contributed by atoms with van der Waals surface area (Å²) in [5, 5.41) is 0. The molecule has 1 fully saturated rings. The SMILES string of the molecule is CC(C)[Si](CI)(OCC1CCCO1)C(C)C. The van der Waals surface area contributed by atoms with Gasteiger partial charge in [0.2, 0.25) is 8.32 Å². The van der Waals surface area contributed by atoms with Crippen molar-refractivity contribution in [1.82, 2.24) is 0 Å². The third-order valence-corrected chi connectivity index (χ3v) is 12.3. The Morgan fingerprint density at radius 3 is 2.31 bits per heavy atom. The van der Waals surface area contributed by atoms with Gasteiger partial charge in [-0.25, -0.2) is 0 Å². The molecule has 0 radical (unpaired) electrons. The summed E-state index contributed by atoms with van der Waals surface area (Å²) < 4.78 is 13.2. The Hall–Kier alpha value is 0.867. The van der Waals surface area contributed by atoms with Crippen molar-refractivity contribution in [2.75, 3.05) is 17.3 Å². The van der Waals surface area contributed by atoms with Crippen molar-refractivity contribution in [2.45, 2.75) is 57.7 Å². The highest BCUT2D eigenvalue weighted by atomic mass is 127. The topological polar surface area (TPSA) is 18.5 Å². The second kappa shape index (κ2) is 6.71. The molecular formula is C12H25IO2Si. The van der Waals surface area contributed by atoms with Crippen molar-refractivity contribution < 1.29 is 9.16 Å². The van der Waals surface area contributed by atoms with Gasteiger partial charge in [0, 0.05) is 10.7 Å². The van der Waals surface area contributed by atoms with Crippen LogP contribution in [0.15, 0.2) is 0 Å². The summed E-state index contributed by atoms with van der Waals surface area (Å²) in [6.45, 7) is 11.0. The number of ether oxygens (including phenoxy) is 1. The van der Waals surface area contributed by atoms with Crippen LogP contribution in [0.25, 0.3) is 0 Å². The molecule has 1 saturated heterocycles. The molecule has 1 aliphatic heterocycles. The first-order valence-electron chi connectivity index (χ1n) is 6.34. The molecule has 96 valence electrons. The number of hydrogen-bond acceptors (Lipinski definition) is 2. The first-order valence-corrected chi connectivity index (χ1v) is 10.1. The lowest BCUT2D eigenvalue weighted by atomic mass is 10.2. The van der Waals surface area contributed by atoms with Crippen molar-refractivity contribution >= 4 is 30.9 Å². The molecule has 1 atom stereocenters. The highest BCUT2D eigenvalue weighted by molar-refractivity contribution is 14.1. The predicted octanol–water partition coefficient (Wildman–Crippen LogP) is 3.92. The lowest BCUT2D eigenvalue weighted by Gasteiger charge is -2.37. The molecule has 1 heterocycles. The molecule has 1 aliphatic rings. The third-order valence-electron chi connectivity index (χ3n) is 3.73. The maximum absolute atomic E-state index is 6.39. The summed E-state index contributed by atoms with van der Waals surface area (Å²) in [5.74, 6) is 0. The third kappa shape index (κ3) is 3.43. The van der Waals surface area contributed by atoms with E-state index in [0.717, 1.165) is 13.2 Å². The van der Waals surface area contributed by atoms with Crippen LogP contribution in [0.4, 0.5) is 0 Å². The summed E-state index contributed by atoms with van der Waals surface area (Å²) in [6, 6.07) is 0. The number of halogens is 1. The van der Waals surface area contributed by atoms with E-state index in [1.165, 1.54) is 16.9 Å². The van der Waals surface area contributed by atoms with Crippen LogP contribution in [0.5, 0.6) is 0 Å². The van der Waals surface area contributed by atoms with E-state index in [2.05, 4.69) is 50.3 Å². The molecule has 0 aromatic heterocycles. The molecule has 0 saturated carbocycles. The van der Waals surface area contributed by atoms with Crippen molar-refractivity contribution in [3.05, 3.63) is 0 Å². The molecule has 0 aromatic rings. The van der Waals surface area contributed by atoms with E-state index in [0.29, 0.717) is 17.2 Å². The van der Waals surface area contributed by atoms with E-state index in [1.807, 2.05) is 0 Å². The lowest BCUT2D eigenvalue weighted by molar-refractivity contribution is 0.0629. The van der Waals surface area contributed by atoms with Crippen LogP contribution >= 0.6 is 22.6 Å². The summed E-state index contributed by atoms with van der Waals surface area (Å²) >= 11 is 2.52. The number of alkyl halides is 1. The first-order chi connectivity index (χ1) is 7.53. The minimum atomic E-state index is -1.59. The van der Waals surface area contributed by atoms with E-state index in [9.17, 15) is 0 Å². The average Bonchev–Trinajstić information content (AvgIpc) is 2.71. The van der Waals surface area contributed by atoms with Crippen LogP contribution in [0, 0.1) is 0 Å². The molecule has 4 heteroatoms. The Morgan fingerprint density at radius 1 is 1.31 bits per heavy atom. The second-order valence-electron chi connectivity index (χ2n) is 5.34. The normalized spacial score (nSPS) is 22.3. The molecule has 0 aliphatic carbocycles. The maximum atomic E-state index is 6.39. The van der Waals surface area contributed by atoms with Crippen LogP contribution in [0.2, 0.25) is 11.1 Å². The van der Waals surface area contributed by atoms with E-state index < -0.39 is 8.32 Å². The van der Waals surface area contributed by atoms with Crippen LogP contribution < -0.4 is 0 Å². The summed E-state index contributed by atoms with van der Waals surface area (Å²) in [5.41, 5.74) is 1.37. The zero-order chi connectivity index (χ0) is 12.2. The molecule has 0 aromatic carbocycles. The van der Waals surface area contributed by atoms with Crippen molar-refractivity contribution in [3.8, 4) is 0 Å². The Morgan fingerprint density at radius 2 is 1.94 bits per heavy atom. The fraction of sp³-hybridized carbons (Fsp3) is 1.00. The summed E-state index contributed by atoms with van der Waals surface area (Å²) in [6.07, 6.45) is 2.75. The van der Waals surface area contributed by atoms with Crippen molar-refractivity contribution in [1.29, 1.82) is 0 Å². The highest BCUT2D eigenvalue weighted by Gasteiger charge is 2.41. The molecule has 0 spiro atoms. The fourth-order valence-corrected chi connectivity index (χ4v) is 11.5. The Kier molecular flexibility index (Phi) is 6.26. The zero-order valence-corrected chi connectivity index (χ0v) is 14.1. The van der Waals surface area contributed by atoms with Gasteiger partial charge in [0.1, 0.15) is 0 Å². The lowest BCUT2D eigenvalue weighted by Crippen LogP contribution is -2.48. The minimum absolute atomic E-state index is 0.368. The van der Waals surface area contributed by atoms with E-state index in [1.54, 1.807) is 0 Å². The van der Waals surface area contributed by atoms with Gasteiger partial charge in [-0.3, -0.25) is 0 Å². The monoisotopic (exact) mass is 356 g/mol. The Labute approximate surface area is 115 Å². The number of rotatable bonds is 6. The van der Waals surface area contributed by atoms with Crippen LogP contribution in [0.1, 0.15) is 40.5 Å². The second-order valence-corrected chi connectivity index (χ2v) is 12.4. The molecule has 2 nitrogen and oxygen atoms in total. The smallest absolute Gasteiger partial charge is 0.207 e. The number of hydrogen-bond donors (Lipinski definition) is 0. The van der Waals surface area contributed by atoms with Crippen molar-refractivity contribution in [2.24, 2.45) is 0 Å². The van der Waals surface area contributed by atoms with Gasteiger partial charge in [0.25, 0.3) is 0 Å².